The summed E-state index contributed by atoms with van der Waals surface area (Å²) in [6.07, 6.45) is 0.902. The molecule has 1 N–H and O–H groups in total. The second kappa shape index (κ2) is 6.94. The Balaban J connectivity index is 1.61. The fraction of sp³-hybridized carbons (Fsp3) is 0.222. The molecule has 1 unspecified atom stereocenters. The molecule has 0 aliphatic carbocycles. The average Bonchev–Trinajstić information content (AvgIpc) is 2.84. The van der Waals surface area contributed by atoms with E-state index in [0.29, 0.717) is 23.7 Å². The minimum Gasteiger partial charge on any atom is -0.305 e. The van der Waals surface area contributed by atoms with Crippen molar-refractivity contribution in [2.45, 2.75) is 18.9 Å². The van der Waals surface area contributed by atoms with E-state index in [9.17, 15) is 9.59 Å². The first kappa shape index (κ1) is 15.7. The van der Waals surface area contributed by atoms with Gasteiger partial charge in [-0.3, -0.25) is 9.59 Å². The predicted octanol–water partition coefficient (Wildman–Crippen LogP) is 2.80. The van der Waals surface area contributed by atoms with Crippen molar-refractivity contribution in [3.8, 4) is 0 Å². The van der Waals surface area contributed by atoms with Gasteiger partial charge in [0.25, 0.3) is 5.91 Å². The highest BCUT2D eigenvalue weighted by Crippen LogP contribution is 2.22. The number of hydrogen-bond donors (Lipinski definition) is 1. The number of para-hydroxylation sites is 1. The Kier molecular flexibility index (Phi) is 4.74. The summed E-state index contributed by atoms with van der Waals surface area (Å²) in [6, 6.07) is 16.2. The quantitative estimate of drug-likeness (QED) is 0.859. The summed E-state index contributed by atoms with van der Waals surface area (Å²) in [4.78, 5) is 25.8. The smallest absolute Gasteiger partial charge is 0.251 e. The third-order valence-electron chi connectivity index (χ3n) is 3.90. The third kappa shape index (κ3) is 3.44. The van der Waals surface area contributed by atoms with Crippen LogP contribution in [0.3, 0.4) is 0 Å². The van der Waals surface area contributed by atoms with Crippen LogP contribution in [0.5, 0.6) is 0 Å². The summed E-state index contributed by atoms with van der Waals surface area (Å²) in [7, 11) is 0. The van der Waals surface area contributed by atoms with Crippen LogP contribution < -0.4 is 10.2 Å². The number of rotatable bonds is 5. The van der Waals surface area contributed by atoms with Crippen molar-refractivity contribution in [3.63, 3.8) is 0 Å². The maximum absolute atomic E-state index is 12.4. The molecule has 3 rings (SSSR count). The van der Waals surface area contributed by atoms with Crippen molar-refractivity contribution in [2.75, 3.05) is 11.4 Å². The van der Waals surface area contributed by atoms with Gasteiger partial charge in [-0.2, -0.15) is 0 Å². The summed E-state index contributed by atoms with van der Waals surface area (Å²) >= 11 is 6.12. The first-order chi connectivity index (χ1) is 11.2. The lowest BCUT2D eigenvalue weighted by atomic mass is 10.1. The van der Waals surface area contributed by atoms with Crippen LogP contribution in [0.2, 0.25) is 5.02 Å². The number of carbonyl (C=O) groups is 2. The number of anilines is 1. The van der Waals surface area contributed by atoms with Crippen molar-refractivity contribution in [1.82, 2.24) is 5.32 Å². The summed E-state index contributed by atoms with van der Waals surface area (Å²) in [6.45, 7) is 0.593. The standard InChI is InChI=1S/C18H17ClN2O2/c19-15-9-5-4-6-13(15)10-11-20-16-12-17(22)21(18(16)23)14-7-2-1-3-8-14/h1-9,16,20H,10-12H2. The minimum atomic E-state index is -0.467. The Labute approximate surface area is 140 Å². The molecule has 1 heterocycles. The average molecular weight is 329 g/mol. The number of hydrogen-bond acceptors (Lipinski definition) is 3. The topological polar surface area (TPSA) is 49.4 Å². The molecule has 2 aromatic carbocycles. The van der Waals surface area contributed by atoms with Gasteiger partial charge in [-0.1, -0.05) is 48.0 Å². The van der Waals surface area contributed by atoms with E-state index >= 15 is 0 Å². The maximum Gasteiger partial charge on any atom is 0.251 e. The molecular weight excluding hydrogens is 312 g/mol. The van der Waals surface area contributed by atoms with Crippen molar-refractivity contribution in [1.29, 1.82) is 0 Å². The number of carbonyl (C=O) groups excluding carboxylic acids is 2. The molecule has 2 aromatic rings. The molecule has 1 saturated heterocycles. The number of halogens is 1. The largest absolute Gasteiger partial charge is 0.305 e. The van der Waals surface area contributed by atoms with Crippen molar-refractivity contribution < 1.29 is 9.59 Å². The highest BCUT2D eigenvalue weighted by atomic mass is 35.5. The maximum atomic E-state index is 12.4. The van der Waals surface area contributed by atoms with Gasteiger partial charge in [0.2, 0.25) is 5.91 Å². The number of imide groups is 1. The molecule has 1 atom stereocenters. The molecule has 5 heteroatoms. The van der Waals surface area contributed by atoms with E-state index in [1.165, 1.54) is 4.90 Å². The van der Waals surface area contributed by atoms with Crippen molar-refractivity contribution >= 4 is 29.1 Å². The number of nitrogens with one attached hydrogen (secondary N) is 1. The van der Waals surface area contributed by atoms with Gasteiger partial charge >= 0.3 is 0 Å². The van der Waals surface area contributed by atoms with Crippen molar-refractivity contribution in [2.24, 2.45) is 0 Å². The molecule has 0 radical (unpaired) electrons. The second-order valence-corrected chi connectivity index (χ2v) is 5.86. The lowest BCUT2D eigenvalue weighted by Crippen LogP contribution is -2.39. The Morgan fingerprint density at radius 1 is 1.04 bits per heavy atom. The van der Waals surface area contributed by atoms with Crippen molar-refractivity contribution in [3.05, 3.63) is 65.2 Å². The van der Waals surface area contributed by atoms with Gasteiger partial charge < -0.3 is 5.32 Å². The van der Waals surface area contributed by atoms with Crippen LogP contribution in [0, 0.1) is 0 Å². The monoisotopic (exact) mass is 328 g/mol. The van der Waals surface area contributed by atoms with E-state index in [-0.39, 0.29) is 18.2 Å². The number of nitrogens with zero attached hydrogens (tertiary/aromatic N) is 1. The van der Waals surface area contributed by atoms with Crippen LogP contribution in [-0.4, -0.2) is 24.4 Å². The van der Waals surface area contributed by atoms with E-state index < -0.39 is 6.04 Å². The highest BCUT2D eigenvalue weighted by molar-refractivity contribution is 6.31. The molecule has 1 aliphatic rings. The van der Waals surface area contributed by atoms with Gasteiger partial charge in [-0.15, -0.1) is 0 Å². The fourth-order valence-electron chi connectivity index (χ4n) is 2.72. The molecular formula is C18H17ClN2O2. The lowest BCUT2D eigenvalue weighted by molar-refractivity contribution is -0.121. The zero-order valence-corrected chi connectivity index (χ0v) is 13.3. The SMILES string of the molecule is O=C1CC(NCCc2ccccc2Cl)C(=O)N1c1ccccc1. The van der Waals surface area contributed by atoms with Gasteiger partial charge in [-0.05, 0) is 36.7 Å². The molecule has 1 aliphatic heterocycles. The van der Waals surface area contributed by atoms with Gasteiger partial charge in [0.15, 0.2) is 0 Å². The fourth-order valence-corrected chi connectivity index (χ4v) is 2.95. The number of benzene rings is 2. The summed E-state index contributed by atoms with van der Waals surface area (Å²) < 4.78 is 0. The minimum absolute atomic E-state index is 0.170. The van der Waals surface area contributed by atoms with E-state index in [2.05, 4.69) is 5.32 Å². The molecule has 1 fully saturated rings. The molecule has 4 nitrogen and oxygen atoms in total. The number of amides is 2. The van der Waals surface area contributed by atoms with Gasteiger partial charge in [0, 0.05) is 5.02 Å². The Bertz CT molecular complexity index is 718. The van der Waals surface area contributed by atoms with Crippen LogP contribution in [0.25, 0.3) is 0 Å². The first-order valence-electron chi connectivity index (χ1n) is 7.55. The Hall–Kier alpha value is -2.17. The van der Waals surface area contributed by atoms with E-state index in [1.807, 2.05) is 42.5 Å². The molecule has 0 bridgehead atoms. The Morgan fingerprint density at radius 3 is 2.48 bits per heavy atom. The Morgan fingerprint density at radius 2 is 1.74 bits per heavy atom. The normalized spacial score (nSPS) is 17.8. The molecule has 2 amide bonds. The van der Waals surface area contributed by atoms with Crippen LogP contribution in [0.4, 0.5) is 5.69 Å². The molecule has 0 aromatic heterocycles. The predicted molar refractivity (Wildman–Crippen MR) is 90.5 cm³/mol. The molecule has 23 heavy (non-hydrogen) atoms. The molecule has 118 valence electrons. The zero-order chi connectivity index (χ0) is 16.2. The van der Waals surface area contributed by atoms with Crippen LogP contribution in [-0.2, 0) is 16.0 Å². The summed E-state index contributed by atoms with van der Waals surface area (Å²) in [5.74, 6) is -0.364. The van der Waals surface area contributed by atoms with Crippen LogP contribution in [0.1, 0.15) is 12.0 Å². The molecule has 0 spiro atoms. The summed E-state index contributed by atoms with van der Waals surface area (Å²) in [5, 5.41) is 3.88. The van der Waals surface area contributed by atoms with Gasteiger partial charge in [0.05, 0.1) is 18.2 Å². The second-order valence-electron chi connectivity index (χ2n) is 5.46. The molecule has 0 saturated carbocycles. The zero-order valence-electron chi connectivity index (χ0n) is 12.5. The van der Waals surface area contributed by atoms with Gasteiger partial charge in [-0.25, -0.2) is 4.90 Å². The van der Waals surface area contributed by atoms with Crippen LogP contribution in [0.15, 0.2) is 54.6 Å². The lowest BCUT2D eigenvalue weighted by Gasteiger charge is -2.15. The van der Waals surface area contributed by atoms with E-state index in [0.717, 1.165) is 5.56 Å². The summed E-state index contributed by atoms with van der Waals surface area (Å²) in [5.41, 5.74) is 1.65. The van der Waals surface area contributed by atoms with Crippen LogP contribution >= 0.6 is 11.6 Å². The third-order valence-corrected chi connectivity index (χ3v) is 4.27. The highest BCUT2D eigenvalue weighted by Gasteiger charge is 2.38. The first-order valence-corrected chi connectivity index (χ1v) is 7.93. The van der Waals surface area contributed by atoms with Gasteiger partial charge in [0.1, 0.15) is 0 Å². The van der Waals surface area contributed by atoms with E-state index in [1.54, 1.807) is 12.1 Å². The van der Waals surface area contributed by atoms with E-state index in [4.69, 9.17) is 11.6 Å².